The van der Waals surface area contributed by atoms with Crippen LogP contribution in [0.4, 0.5) is 4.79 Å². The van der Waals surface area contributed by atoms with Crippen molar-refractivity contribution in [2.75, 3.05) is 26.5 Å². The maximum atomic E-state index is 12.2. The first-order chi connectivity index (χ1) is 12.6. The summed E-state index contributed by atoms with van der Waals surface area (Å²) in [6, 6.07) is 7.24. The van der Waals surface area contributed by atoms with Crippen LogP contribution in [-0.4, -0.2) is 62.7 Å². The predicted molar refractivity (Wildman–Crippen MR) is 98.2 cm³/mol. The van der Waals surface area contributed by atoms with E-state index in [1.807, 2.05) is 12.1 Å². The maximum Gasteiger partial charge on any atom is 0.410 e. The molecule has 1 aliphatic heterocycles. The van der Waals surface area contributed by atoms with Crippen LogP contribution in [-0.2, 0) is 30.7 Å². The molecule has 1 aromatic carbocycles. The molecule has 1 saturated heterocycles. The molecule has 1 amide bonds. The summed E-state index contributed by atoms with van der Waals surface area (Å²) < 4.78 is 38.0. The van der Waals surface area contributed by atoms with E-state index in [9.17, 15) is 18.0 Å². The molecule has 0 bridgehead atoms. The van der Waals surface area contributed by atoms with E-state index < -0.39 is 32.8 Å². The molecule has 2 unspecified atom stereocenters. The van der Waals surface area contributed by atoms with Gasteiger partial charge in [-0.25, -0.2) is 13.2 Å². The minimum atomic E-state index is -3.77. The van der Waals surface area contributed by atoms with Crippen molar-refractivity contribution in [1.29, 1.82) is 0 Å². The van der Waals surface area contributed by atoms with Crippen LogP contribution in [0.3, 0.4) is 0 Å². The zero-order valence-electron chi connectivity index (χ0n) is 15.9. The summed E-state index contributed by atoms with van der Waals surface area (Å²) in [5, 5.41) is 0. The standard InChI is InChI=1S/C18H25NO7S/c1-5-25-16(20)18(2,27(4,22)23)10-15-12-19(17(21)26-15)11-13-6-8-14(24-3)9-7-13/h6-9,15H,5,10-12H2,1-4H3. The number of cyclic esters (lactones) is 1. The zero-order chi connectivity index (χ0) is 20.2. The molecular weight excluding hydrogens is 374 g/mol. The van der Waals surface area contributed by atoms with Gasteiger partial charge in [-0.2, -0.15) is 0 Å². The first-order valence-electron chi connectivity index (χ1n) is 8.56. The second kappa shape index (κ2) is 8.16. The van der Waals surface area contributed by atoms with Crippen LogP contribution in [0.15, 0.2) is 24.3 Å². The van der Waals surface area contributed by atoms with Crippen molar-refractivity contribution < 1.29 is 32.2 Å². The number of nitrogens with zero attached hydrogens (tertiary/aromatic N) is 1. The third-order valence-corrected chi connectivity index (χ3v) is 6.60. The molecule has 0 aliphatic carbocycles. The normalized spacial score (nSPS) is 19.3. The number of carbonyl (C=O) groups is 2. The van der Waals surface area contributed by atoms with Gasteiger partial charge in [-0.15, -0.1) is 0 Å². The second-order valence-electron chi connectivity index (χ2n) is 6.66. The van der Waals surface area contributed by atoms with Gasteiger partial charge in [0, 0.05) is 19.2 Å². The highest BCUT2D eigenvalue weighted by Gasteiger charge is 2.49. The summed E-state index contributed by atoms with van der Waals surface area (Å²) >= 11 is 0. The third-order valence-electron chi connectivity index (χ3n) is 4.62. The fourth-order valence-corrected chi connectivity index (χ4v) is 3.72. The molecule has 150 valence electrons. The third kappa shape index (κ3) is 4.71. The Hall–Kier alpha value is -2.29. The summed E-state index contributed by atoms with van der Waals surface area (Å²) in [5.41, 5.74) is 0.879. The van der Waals surface area contributed by atoms with E-state index in [4.69, 9.17) is 14.2 Å². The summed E-state index contributed by atoms with van der Waals surface area (Å²) in [5.74, 6) is -0.129. The first kappa shape index (κ1) is 21.0. The van der Waals surface area contributed by atoms with Crippen LogP contribution in [0.2, 0.25) is 0 Å². The average Bonchev–Trinajstić information content (AvgIpc) is 2.93. The number of rotatable bonds is 8. The van der Waals surface area contributed by atoms with Gasteiger partial charge in [-0.1, -0.05) is 12.1 Å². The van der Waals surface area contributed by atoms with Gasteiger partial charge < -0.3 is 19.1 Å². The molecule has 2 rings (SSSR count). The lowest BCUT2D eigenvalue weighted by Gasteiger charge is -2.27. The number of methoxy groups -OCH3 is 1. The molecule has 0 spiro atoms. The van der Waals surface area contributed by atoms with Crippen LogP contribution in [0, 0.1) is 0 Å². The number of amides is 1. The van der Waals surface area contributed by atoms with Crippen molar-refractivity contribution in [2.24, 2.45) is 0 Å². The van der Waals surface area contributed by atoms with E-state index >= 15 is 0 Å². The van der Waals surface area contributed by atoms with Crippen LogP contribution in [0.5, 0.6) is 5.75 Å². The number of carbonyl (C=O) groups excluding carboxylic acids is 2. The highest BCUT2D eigenvalue weighted by atomic mass is 32.2. The molecule has 0 N–H and O–H groups in total. The Morgan fingerprint density at radius 3 is 2.48 bits per heavy atom. The fraction of sp³-hybridized carbons (Fsp3) is 0.556. The van der Waals surface area contributed by atoms with Gasteiger partial charge in [0.05, 0.1) is 20.3 Å². The molecule has 1 fully saturated rings. The summed E-state index contributed by atoms with van der Waals surface area (Å²) in [7, 11) is -2.20. The summed E-state index contributed by atoms with van der Waals surface area (Å²) in [6.45, 7) is 3.48. The average molecular weight is 399 g/mol. The van der Waals surface area contributed by atoms with Gasteiger partial charge >= 0.3 is 12.1 Å². The Kier molecular flexibility index (Phi) is 6.35. The van der Waals surface area contributed by atoms with Crippen LogP contribution < -0.4 is 4.74 Å². The molecule has 0 aromatic heterocycles. The number of ether oxygens (including phenoxy) is 3. The monoisotopic (exact) mass is 399 g/mol. The number of sulfone groups is 1. The van der Waals surface area contributed by atoms with E-state index in [0.29, 0.717) is 12.3 Å². The van der Waals surface area contributed by atoms with Crippen molar-refractivity contribution >= 4 is 21.9 Å². The topological polar surface area (TPSA) is 99.2 Å². The van der Waals surface area contributed by atoms with Gasteiger partial charge in [-0.05, 0) is 31.5 Å². The van der Waals surface area contributed by atoms with E-state index in [1.165, 1.54) is 11.8 Å². The molecule has 8 nitrogen and oxygen atoms in total. The van der Waals surface area contributed by atoms with E-state index in [0.717, 1.165) is 11.8 Å². The quantitative estimate of drug-likeness (QED) is 0.614. The number of esters is 1. The van der Waals surface area contributed by atoms with Crippen LogP contribution in [0.25, 0.3) is 0 Å². The van der Waals surface area contributed by atoms with Crippen molar-refractivity contribution in [3.63, 3.8) is 0 Å². The minimum absolute atomic E-state index is 0.0675. The molecule has 27 heavy (non-hydrogen) atoms. The fourth-order valence-electron chi connectivity index (χ4n) is 2.87. The van der Waals surface area contributed by atoms with E-state index in [1.54, 1.807) is 26.2 Å². The van der Waals surface area contributed by atoms with Gasteiger partial charge in [0.15, 0.2) is 14.6 Å². The van der Waals surface area contributed by atoms with Gasteiger partial charge in [0.25, 0.3) is 0 Å². The molecule has 0 radical (unpaired) electrons. The molecule has 1 aliphatic rings. The highest BCUT2D eigenvalue weighted by Crippen LogP contribution is 2.29. The summed E-state index contributed by atoms with van der Waals surface area (Å²) in [6.07, 6.45) is -0.443. The highest BCUT2D eigenvalue weighted by molar-refractivity contribution is 7.92. The Labute approximate surface area is 159 Å². The lowest BCUT2D eigenvalue weighted by atomic mass is 10.0. The van der Waals surface area contributed by atoms with Crippen LogP contribution in [0.1, 0.15) is 25.8 Å². The van der Waals surface area contributed by atoms with Crippen LogP contribution >= 0.6 is 0 Å². The second-order valence-corrected chi connectivity index (χ2v) is 9.11. The zero-order valence-corrected chi connectivity index (χ0v) is 16.7. The molecule has 1 aromatic rings. The van der Waals surface area contributed by atoms with Gasteiger partial charge in [-0.3, -0.25) is 4.79 Å². The number of hydrogen-bond acceptors (Lipinski definition) is 7. The SMILES string of the molecule is CCOC(=O)C(C)(CC1CN(Cc2ccc(OC)cc2)C(=O)O1)S(C)(=O)=O. The molecule has 2 atom stereocenters. The maximum absolute atomic E-state index is 12.2. The Balaban J connectivity index is 2.09. The van der Waals surface area contributed by atoms with Crippen molar-refractivity contribution in [3.8, 4) is 5.75 Å². The largest absolute Gasteiger partial charge is 0.497 e. The lowest BCUT2D eigenvalue weighted by Crippen LogP contribution is -2.47. The molecule has 9 heteroatoms. The smallest absolute Gasteiger partial charge is 0.410 e. The number of hydrogen-bond donors (Lipinski definition) is 0. The number of benzene rings is 1. The molecular formula is C18H25NO7S. The van der Waals surface area contributed by atoms with Crippen molar-refractivity contribution in [1.82, 2.24) is 4.90 Å². The Morgan fingerprint density at radius 2 is 1.96 bits per heavy atom. The summed E-state index contributed by atoms with van der Waals surface area (Å²) in [4.78, 5) is 25.9. The van der Waals surface area contributed by atoms with Crippen molar-refractivity contribution in [2.45, 2.75) is 37.7 Å². The Bertz CT molecular complexity index is 790. The molecule has 1 heterocycles. The minimum Gasteiger partial charge on any atom is -0.497 e. The van der Waals surface area contributed by atoms with Gasteiger partial charge in [0.1, 0.15) is 11.9 Å². The lowest BCUT2D eigenvalue weighted by molar-refractivity contribution is -0.146. The van der Waals surface area contributed by atoms with Gasteiger partial charge in [0.2, 0.25) is 0 Å². The molecule has 0 saturated carbocycles. The predicted octanol–water partition coefficient (Wildman–Crippen LogP) is 1.77. The van der Waals surface area contributed by atoms with Crippen molar-refractivity contribution in [3.05, 3.63) is 29.8 Å². The first-order valence-corrected chi connectivity index (χ1v) is 10.4. The van der Waals surface area contributed by atoms with E-state index in [-0.39, 0.29) is 19.6 Å². The Morgan fingerprint density at radius 1 is 1.33 bits per heavy atom. The van der Waals surface area contributed by atoms with E-state index in [2.05, 4.69) is 0 Å².